The first-order valence-corrected chi connectivity index (χ1v) is 9.55. The molecule has 4 heteroatoms. The predicted octanol–water partition coefficient (Wildman–Crippen LogP) is 5.43. The van der Waals surface area contributed by atoms with Crippen molar-refractivity contribution in [2.75, 3.05) is 6.61 Å². The quantitative estimate of drug-likeness (QED) is 0.425. The fourth-order valence-electron chi connectivity index (χ4n) is 3.86. The van der Waals surface area contributed by atoms with Gasteiger partial charge in [-0.2, -0.15) is 0 Å². The van der Waals surface area contributed by atoms with Crippen molar-refractivity contribution in [3.05, 3.63) is 77.9 Å². The number of aryl methyl sites for hydroxylation is 2. The van der Waals surface area contributed by atoms with Crippen molar-refractivity contribution in [2.45, 2.75) is 20.4 Å². The summed E-state index contributed by atoms with van der Waals surface area (Å²) in [6, 6.07) is 22.5. The van der Waals surface area contributed by atoms with Crippen LogP contribution in [-0.4, -0.2) is 21.1 Å². The van der Waals surface area contributed by atoms with Gasteiger partial charge in [-0.25, -0.2) is 9.97 Å². The van der Waals surface area contributed by atoms with Crippen LogP contribution in [0.1, 0.15) is 11.1 Å². The fourth-order valence-corrected chi connectivity index (χ4v) is 3.86. The van der Waals surface area contributed by atoms with Gasteiger partial charge in [0.25, 0.3) is 0 Å². The molecule has 0 saturated carbocycles. The molecular formula is C24H21N3O. The van der Waals surface area contributed by atoms with Crippen LogP contribution in [0.15, 0.2) is 66.7 Å². The van der Waals surface area contributed by atoms with Crippen LogP contribution < -0.4 is 4.74 Å². The summed E-state index contributed by atoms with van der Waals surface area (Å²) in [7, 11) is 0. The molecule has 0 fully saturated rings. The van der Waals surface area contributed by atoms with Gasteiger partial charge in [0.1, 0.15) is 17.9 Å². The molecule has 28 heavy (non-hydrogen) atoms. The maximum atomic E-state index is 6.07. The molecule has 2 heterocycles. The van der Waals surface area contributed by atoms with Gasteiger partial charge in [0.15, 0.2) is 5.65 Å². The number of aromatic nitrogens is 3. The van der Waals surface area contributed by atoms with Crippen molar-refractivity contribution in [2.24, 2.45) is 0 Å². The molecule has 0 aliphatic heterocycles. The van der Waals surface area contributed by atoms with Gasteiger partial charge < -0.3 is 9.30 Å². The summed E-state index contributed by atoms with van der Waals surface area (Å²) in [5.74, 6) is 0.927. The number of rotatable bonds is 4. The van der Waals surface area contributed by atoms with E-state index in [0.717, 1.165) is 38.9 Å². The van der Waals surface area contributed by atoms with E-state index < -0.39 is 0 Å². The van der Waals surface area contributed by atoms with E-state index in [4.69, 9.17) is 14.7 Å². The Morgan fingerprint density at radius 1 is 0.786 bits per heavy atom. The van der Waals surface area contributed by atoms with Gasteiger partial charge in [-0.05, 0) is 43.2 Å². The Morgan fingerprint density at radius 2 is 1.50 bits per heavy atom. The number of ether oxygens (including phenoxy) is 1. The number of nitrogens with zero attached hydrogens (tertiary/aromatic N) is 3. The van der Waals surface area contributed by atoms with Crippen molar-refractivity contribution in [3.8, 4) is 5.75 Å². The molecule has 0 radical (unpaired) electrons. The summed E-state index contributed by atoms with van der Waals surface area (Å²) in [4.78, 5) is 9.87. The van der Waals surface area contributed by atoms with Crippen LogP contribution >= 0.6 is 0 Å². The van der Waals surface area contributed by atoms with Gasteiger partial charge in [0.05, 0.1) is 23.1 Å². The number of hydrogen-bond donors (Lipinski definition) is 0. The van der Waals surface area contributed by atoms with Crippen molar-refractivity contribution in [1.29, 1.82) is 0 Å². The van der Waals surface area contributed by atoms with Crippen LogP contribution in [-0.2, 0) is 6.54 Å². The van der Waals surface area contributed by atoms with E-state index in [-0.39, 0.29) is 0 Å². The lowest BCUT2D eigenvalue weighted by Crippen LogP contribution is -2.09. The minimum atomic E-state index is 0.576. The third kappa shape index (κ3) is 2.69. The fraction of sp³-hybridized carbons (Fsp3) is 0.167. The van der Waals surface area contributed by atoms with Crippen LogP contribution in [0.25, 0.3) is 33.1 Å². The van der Waals surface area contributed by atoms with E-state index in [0.29, 0.717) is 13.2 Å². The minimum Gasteiger partial charge on any atom is -0.491 e. The highest BCUT2D eigenvalue weighted by Crippen LogP contribution is 2.30. The molecule has 0 bridgehead atoms. The molecule has 0 unspecified atom stereocenters. The van der Waals surface area contributed by atoms with Crippen LogP contribution in [0, 0.1) is 13.8 Å². The Bertz CT molecular complexity index is 1320. The predicted molar refractivity (Wildman–Crippen MR) is 114 cm³/mol. The second-order valence-electron chi connectivity index (χ2n) is 7.12. The third-order valence-corrected chi connectivity index (χ3v) is 5.24. The highest BCUT2D eigenvalue weighted by molar-refractivity contribution is 6.07. The topological polar surface area (TPSA) is 39.9 Å². The van der Waals surface area contributed by atoms with E-state index in [2.05, 4.69) is 42.7 Å². The van der Waals surface area contributed by atoms with Gasteiger partial charge in [-0.15, -0.1) is 0 Å². The number of para-hydroxylation sites is 4. The number of benzene rings is 3. The molecule has 5 aromatic rings. The van der Waals surface area contributed by atoms with Gasteiger partial charge >= 0.3 is 0 Å². The summed E-state index contributed by atoms with van der Waals surface area (Å²) in [6.07, 6.45) is 0. The van der Waals surface area contributed by atoms with Crippen LogP contribution in [0.4, 0.5) is 0 Å². The lowest BCUT2D eigenvalue weighted by molar-refractivity contribution is 0.300. The summed E-state index contributed by atoms with van der Waals surface area (Å²) >= 11 is 0. The second kappa shape index (κ2) is 6.64. The summed E-state index contributed by atoms with van der Waals surface area (Å²) in [5.41, 5.74) is 7.25. The maximum absolute atomic E-state index is 6.07. The van der Waals surface area contributed by atoms with E-state index in [1.54, 1.807) is 0 Å². The van der Waals surface area contributed by atoms with E-state index in [1.807, 2.05) is 42.5 Å². The number of fused-ring (bicyclic) bond motifs is 4. The molecule has 5 rings (SSSR count). The Morgan fingerprint density at radius 3 is 2.32 bits per heavy atom. The summed E-state index contributed by atoms with van der Waals surface area (Å²) in [5, 5.41) is 1.14. The molecule has 3 aromatic carbocycles. The first-order valence-electron chi connectivity index (χ1n) is 9.55. The molecule has 4 nitrogen and oxygen atoms in total. The molecule has 0 aliphatic carbocycles. The zero-order valence-corrected chi connectivity index (χ0v) is 16.0. The lowest BCUT2D eigenvalue weighted by Gasteiger charge is -2.11. The maximum Gasteiger partial charge on any atom is 0.160 e. The number of hydrogen-bond acceptors (Lipinski definition) is 3. The highest BCUT2D eigenvalue weighted by atomic mass is 16.5. The van der Waals surface area contributed by atoms with Gasteiger partial charge in [-0.1, -0.05) is 48.5 Å². The lowest BCUT2D eigenvalue weighted by atomic mass is 10.1. The van der Waals surface area contributed by atoms with Crippen LogP contribution in [0.5, 0.6) is 5.75 Å². The zero-order chi connectivity index (χ0) is 19.1. The monoisotopic (exact) mass is 367 g/mol. The Labute approximate surface area is 163 Å². The molecule has 0 aliphatic rings. The average Bonchev–Trinajstić information content (AvgIpc) is 3.02. The van der Waals surface area contributed by atoms with E-state index in [9.17, 15) is 0 Å². The standard InChI is InChI=1S/C24H21N3O/c1-16-8-3-6-13-21(16)28-15-14-27-23-17(2)9-7-10-18(23)22-24(27)26-20-12-5-4-11-19(20)25-22/h3-13H,14-15H2,1-2H3. The molecule has 0 N–H and O–H groups in total. The molecule has 0 saturated heterocycles. The minimum absolute atomic E-state index is 0.576. The summed E-state index contributed by atoms with van der Waals surface area (Å²) in [6.45, 7) is 5.50. The second-order valence-corrected chi connectivity index (χ2v) is 7.12. The van der Waals surface area contributed by atoms with Crippen molar-refractivity contribution < 1.29 is 4.74 Å². The first-order chi connectivity index (χ1) is 13.7. The Kier molecular flexibility index (Phi) is 3.97. The normalized spacial score (nSPS) is 11.5. The molecule has 0 amide bonds. The van der Waals surface area contributed by atoms with Crippen LogP contribution in [0.2, 0.25) is 0 Å². The van der Waals surface area contributed by atoms with Gasteiger partial charge in [0, 0.05) is 5.39 Å². The van der Waals surface area contributed by atoms with Crippen LogP contribution in [0.3, 0.4) is 0 Å². The molecular weight excluding hydrogens is 346 g/mol. The Balaban J connectivity index is 1.63. The van der Waals surface area contributed by atoms with Gasteiger partial charge in [-0.3, -0.25) is 0 Å². The van der Waals surface area contributed by atoms with Crippen molar-refractivity contribution in [3.63, 3.8) is 0 Å². The molecule has 0 atom stereocenters. The van der Waals surface area contributed by atoms with Crippen molar-refractivity contribution >= 4 is 33.1 Å². The highest BCUT2D eigenvalue weighted by Gasteiger charge is 2.16. The largest absolute Gasteiger partial charge is 0.491 e. The SMILES string of the molecule is Cc1ccccc1OCCn1c2nc3ccccc3nc2c2cccc(C)c21. The smallest absolute Gasteiger partial charge is 0.160 e. The first kappa shape index (κ1) is 16.8. The Hall–Kier alpha value is -3.40. The molecule has 138 valence electrons. The van der Waals surface area contributed by atoms with Gasteiger partial charge in [0.2, 0.25) is 0 Å². The van der Waals surface area contributed by atoms with E-state index in [1.165, 1.54) is 11.1 Å². The zero-order valence-electron chi connectivity index (χ0n) is 16.0. The summed E-state index contributed by atoms with van der Waals surface area (Å²) < 4.78 is 8.31. The third-order valence-electron chi connectivity index (χ3n) is 5.24. The van der Waals surface area contributed by atoms with Crippen molar-refractivity contribution in [1.82, 2.24) is 14.5 Å². The molecule has 0 spiro atoms. The van der Waals surface area contributed by atoms with E-state index >= 15 is 0 Å². The molecule has 2 aromatic heterocycles. The average molecular weight is 367 g/mol.